The third kappa shape index (κ3) is 6.48. The highest BCUT2D eigenvalue weighted by Crippen LogP contribution is 2.37. The molecule has 2 aromatic heterocycles. The van der Waals surface area contributed by atoms with E-state index in [1.807, 2.05) is 54.6 Å². The minimum absolute atomic E-state index is 0.146. The lowest BCUT2D eigenvalue weighted by Gasteiger charge is -2.35. The number of nitrogens with zero attached hydrogens (tertiary/aromatic N) is 2. The molecule has 1 atom stereocenters. The van der Waals surface area contributed by atoms with Crippen molar-refractivity contribution in [2.24, 2.45) is 0 Å². The maximum absolute atomic E-state index is 13.5. The molecule has 0 aliphatic carbocycles. The number of aliphatic hydroxyl groups excluding tert-OH is 1. The molecule has 4 aromatic rings. The van der Waals surface area contributed by atoms with Gasteiger partial charge in [-0.25, -0.2) is 13.6 Å². The van der Waals surface area contributed by atoms with Crippen molar-refractivity contribution < 1.29 is 27.8 Å². The summed E-state index contributed by atoms with van der Waals surface area (Å²) in [5.41, 5.74) is 4.40. The molecule has 1 fully saturated rings. The van der Waals surface area contributed by atoms with Gasteiger partial charge in [0, 0.05) is 49.3 Å². The Morgan fingerprint density at radius 2 is 1.73 bits per heavy atom. The number of benzene rings is 2. The zero-order valence-corrected chi connectivity index (χ0v) is 22.8. The number of hydrogen-bond acceptors (Lipinski definition) is 6. The van der Waals surface area contributed by atoms with Gasteiger partial charge in [-0.1, -0.05) is 24.3 Å². The second-order valence-corrected chi connectivity index (χ2v) is 11.1. The zero-order chi connectivity index (χ0) is 28.5. The number of halogens is 2. The summed E-state index contributed by atoms with van der Waals surface area (Å²) >= 11 is 0. The summed E-state index contributed by atoms with van der Waals surface area (Å²) in [7, 11) is 0. The number of pyridine rings is 1. The van der Waals surface area contributed by atoms with Crippen LogP contribution in [-0.2, 0) is 11.3 Å². The SMILES string of the molecule is CC(C)(C)OC(=O)NCc1cc2cc(-c3ccc(C(O)N4CCC(F)(F)CC4)cc3)cc(-c3ccncc3)c2o1. The number of furan rings is 1. The van der Waals surface area contributed by atoms with Crippen LogP contribution in [0, 0.1) is 0 Å². The number of alkyl carbamates (subject to hydrolysis) is 1. The van der Waals surface area contributed by atoms with Crippen LogP contribution in [0.3, 0.4) is 0 Å². The molecule has 1 saturated heterocycles. The minimum atomic E-state index is -2.66. The summed E-state index contributed by atoms with van der Waals surface area (Å²) < 4.78 is 38.6. The lowest BCUT2D eigenvalue weighted by atomic mass is 9.96. The van der Waals surface area contributed by atoms with Crippen LogP contribution in [-0.4, -0.2) is 45.7 Å². The highest BCUT2D eigenvalue weighted by molar-refractivity contribution is 5.97. The molecule has 1 aliphatic rings. The average molecular weight is 550 g/mol. The van der Waals surface area contributed by atoms with Crippen molar-refractivity contribution >= 4 is 17.1 Å². The van der Waals surface area contributed by atoms with Crippen LogP contribution in [0.2, 0.25) is 0 Å². The van der Waals surface area contributed by atoms with Crippen molar-refractivity contribution in [3.05, 3.63) is 78.3 Å². The Balaban J connectivity index is 1.42. The Hall–Kier alpha value is -3.82. The third-order valence-corrected chi connectivity index (χ3v) is 6.88. The Bertz CT molecular complexity index is 1470. The van der Waals surface area contributed by atoms with E-state index in [2.05, 4.69) is 10.3 Å². The van der Waals surface area contributed by atoms with E-state index in [1.165, 1.54) is 0 Å². The van der Waals surface area contributed by atoms with E-state index >= 15 is 0 Å². The maximum atomic E-state index is 13.5. The molecule has 0 spiro atoms. The number of ether oxygens (including phenoxy) is 1. The third-order valence-electron chi connectivity index (χ3n) is 6.88. The maximum Gasteiger partial charge on any atom is 0.408 e. The number of piperidine rings is 1. The molecule has 1 aliphatic heterocycles. The summed E-state index contributed by atoms with van der Waals surface area (Å²) in [6.45, 7) is 5.87. The second kappa shape index (κ2) is 11.0. The largest absolute Gasteiger partial charge is 0.459 e. The smallest absolute Gasteiger partial charge is 0.408 e. The summed E-state index contributed by atoms with van der Waals surface area (Å²) in [6, 6.07) is 17.2. The Labute approximate surface area is 231 Å². The Morgan fingerprint density at radius 1 is 1.05 bits per heavy atom. The van der Waals surface area contributed by atoms with Gasteiger partial charge >= 0.3 is 6.09 Å². The number of hydrogen-bond donors (Lipinski definition) is 2. The fourth-order valence-corrected chi connectivity index (χ4v) is 4.83. The van der Waals surface area contributed by atoms with Crippen molar-refractivity contribution in [2.45, 2.75) is 57.9 Å². The molecule has 0 saturated carbocycles. The first kappa shape index (κ1) is 27.7. The normalized spacial score (nSPS) is 16.6. The van der Waals surface area contributed by atoms with Gasteiger partial charge in [0.05, 0.1) is 6.54 Å². The number of carbonyl (C=O) groups excluding carboxylic acids is 1. The van der Waals surface area contributed by atoms with Crippen molar-refractivity contribution in [1.82, 2.24) is 15.2 Å². The van der Waals surface area contributed by atoms with Gasteiger partial charge in [-0.3, -0.25) is 9.88 Å². The van der Waals surface area contributed by atoms with Crippen LogP contribution in [0.1, 0.15) is 51.2 Å². The van der Waals surface area contributed by atoms with Gasteiger partial charge in [-0.2, -0.15) is 0 Å². The fourth-order valence-electron chi connectivity index (χ4n) is 4.83. The average Bonchev–Trinajstić information content (AvgIpc) is 3.34. The van der Waals surface area contributed by atoms with E-state index in [0.29, 0.717) is 16.9 Å². The quantitative estimate of drug-likeness (QED) is 0.272. The Kier molecular flexibility index (Phi) is 7.61. The molecule has 210 valence electrons. The highest BCUT2D eigenvalue weighted by atomic mass is 19.3. The number of aliphatic hydroxyl groups is 1. The van der Waals surface area contributed by atoms with Crippen molar-refractivity contribution in [1.29, 1.82) is 0 Å². The molecule has 9 heteroatoms. The van der Waals surface area contributed by atoms with Crippen LogP contribution in [0.4, 0.5) is 13.6 Å². The molecule has 1 amide bonds. The molecule has 0 radical (unpaired) electrons. The molecule has 2 aromatic carbocycles. The van der Waals surface area contributed by atoms with E-state index in [-0.39, 0.29) is 32.5 Å². The van der Waals surface area contributed by atoms with E-state index in [4.69, 9.17) is 9.15 Å². The topological polar surface area (TPSA) is 87.8 Å². The highest BCUT2D eigenvalue weighted by Gasteiger charge is 2.36. The monoisotopic (exact) mass is 549 g/mol. The number of alkyl halides is 2. The van der Waals surface area contributed by atoms with Crippen LogP contribution in [0.25, 0.3) is 33.2 Å². The van der Waals surface area contributed by atoms with Gasteiger partial charge in [0.2, 0.25) is 0 Å². The number of nitrogens with one attached hydrogen (secondary N) is 1. The lowest BCUT2D eigenvalue weighted by Crippen LogP contribution is -2.41. The van der Waals surface area contributed by atoms with Crippen molar-refractivity contribution in [3.63, 3.8) is 0 Å². The lowest BCUT2D eigenvalue weighted by molar-refractivity contribution is -0.0961. The first-order valence-corrected chi connectivity index (χ1v) is 13.3. The first-order chi connectivity index (χ1) is 19.0. The van der Waals surface area contributed by atoms with Crippen LogP contribution in [0.15, 0.2) is 71.4 Å². The van der Waals surface area contributed by atoms with Gasteiger partial charge in [-0.05, 0) is 73.4 Å². The van der Waals surface area contributed by atoms with Gasteiger partial charge in [0.1, 0.15) is 23.2 Å². The first-order valence-electron chi connectivity index (χ1n) is 13.3. The summed E-state index contributed by atoms with van der Waals surface area (Å²) in [5.74, 6) is -2.08. The van der Waals surface area contributed by atoms with Crippen LogP contribution < -0.4 is 5.32 Å². The van der Waals surface area contributed by atoms with Gasteiger partial charge in [0.25, 0.3) is 5.92 Å². The number of carbonyl (C=O) groups is 1. The second-order valence-electron chi connectivity index (χ2n) is 11.1. The van der Waals surface area contributed by atoms with E-state index in [1.54, 1.807) is 38.1 Å². The van der Waals surface area contributed by atoms with Crippen molar-refractivity contribution in [3.8, 4) is 22.3 Å². The molecule has 0 bridgehead atoms. The molecule has 5 rings (SSSR count). The number of fused-ring (bicyclic) bond motifs is 1. The van der Waals surface area contributed by atoms with E-state index in [0.717, 1.165) is 27.6 Å². The Morgan fingerprint density at radius 3 is 2.38 bits per heavy atom. The van der Waals surface area contributed by atoms with Crippen LogP contribution in [0.5, 0.6) is 0 Å². The van der Waals surface area contributed by atoms with Crippen molar-refractivity contribution in [2.75, 3.05) is 13.1 Å². The molecule has 3 heterocycles. The number of likely N-dealkylation sites (tertiary alicyclic amines) is 1. The number of rotatable bonds is 6. The predicted octanol–water partition coefficient (Wildman–Crippen LogP) is 6.91. The predicted molar refractivity (Wildman–Crippen MR) is 149 cm³/mol. The molecular weight excluding hydrogens is 516 g/mol. The molecule has 1 unspecified atom stereocenters. The molecule has 2 N–H and O–H groups in total. The summed E-state index contributed by atoms with van der Waals surface area (Å²) in [4.78, 5) is 17.9. The number of aromatic nitrogens is 1. The summed E-state index contributed by atoms with van der Waals surface area (Å²) in [6.07, 6.45) is 1.47. The van der Waals surface area contributed by atoms with E-state index < -0.39 is 23.8 Å². The molecule has 40 heavy (non-hydrogen) atoms. The minimum Gasteiger partial charge on any atom is -0.459 e. The van der Waals surface area contributed by atoms with Gasteiger partial charge in [0.15, 0.2) is 0 Å². The summed E-state index contributed by atoms with van der Waals surface area (Å²) in [5, 5.41) is 14.4. The zero-order valence-electron chi connectivity index (χ0n) is 22.8. The van der Waals surface area contributed by atoms with E-state index in [9.17, 15) is 18.7 Å². The fraction of sp³-hybridized carbons (Fsp3) is 0.355. The van der Waals surface area contributed by atoms with Crippen LogP contribution >= 0.6 is 0 Å². The van der Waals surface area contributed by atoms with Gasteiger partial charge in [-0.15, -0.1) is 0 Å². The number of amides is 1. The molecular formula is C31H33F2N3O4. The van der Waals surface area contributed by atoms with Gasteiger partial charge < -0.3 is 19.6 Å². The molecule has 7 nitrogen and oxygen atoms in total. The standard InChI is InChI=1S/C31H33F2N3O4/c1-30(2,3)40-29(38)35-19-25-17-24-16-23(18-26(27(24)39-25)21-8-12-34-13-9-21)20-4-6-22(7-5-20)28(37)36-14-10-31(32,33)11-15-36/h4-9,12-13,16-18,28,37H,10-11,14-15,19H2,1-3H3,(H,35,38).